The third-order valence-electron chi connectivity index (χ3n) is 6.39. The molecular formula is C25H28FNO4. The van der Waals surface area contributed by atoms with Crippen LogP contribution in [0.3, 0.4) is 0 Å². The molecule has 3 aromatic rings. The van der Waals surface area contributed by atoms with Crippen molar-refractivity contribution in [2.75, 3.05) is 14.2 Å². The zero-order valence-corrected chi connectivity index (χ0v) is 18.1. The monoisotopic (exact) mass is 425 g/mol. The number of pyridine rings is 1. The summed E-state index contributed by atoms with van der Waals surface area (Å²) in [6.45, 7) is 1.92. The molecule has 1 aliphatic rings. The largest absolute Gasteiger partial charge is 0.486 e. The summed E-state index contributed by atoms with van der Waals surface area (Å²) in [5, 5.41) is 0.917. The number of rotatable bonds is 6. The van der Waals surface area contributed by atoms with Gasteiger partial charge in [-0.3, -0.25) is 4.79 Å². The van der Waals surface area contributed by atoms with Gasteiger partial charge in [0.05, 0.1) is 11.7 Å². The third-order valence-corrected chi connectivity index (χ3v) is 6.39. The number of nitrogens with one attached hydrogen (secondary N) is 1. The Morgan fingerprint density at radius 3 is 2.55 bits per heavy atom. The molecule has 0 aliphatic heterocycles. The average Bonchev–Trinajstić information content (AvgIpc) is 2.78. The summed E-state index contributed by atoms with van der Waals surface area (Å²) in [7, 11) is 3.41. The molecule has 1 aliphatic carbocycles. The number of aromatic nitrogens is 1. The van der Waals surface area contributed by atoms with Crippen LogP contribution in [0.4, 0.5) is 4.39 Å². The molecule has 0 spiro atoms. The standard InChI is InChI=1S/C25H28FNO4/c1-16(17-4-6-23-18(12-17)5-7-24(28)27-23)31-22-14-19(13-20(26)15-22)25(30-3)10-8-21(29-2)9-11-25/h4-7,12-16,21H,8-11H2,1-3H3,(H,27,28)/t16?,21-,25+. The molecular weight excluding hydrogens is 397 g/mol. The first-order valence-electron chi connectivity index (χ1n) is 10.6. The Morgan fingerprint density at radius 2 is 1.84 bits per heavy atom. The lowest BCUT2D eigenvalue weighted by Crippen LogP contribution is -2.36. The summed E-state index contributed by atoms with van der Waals surface area (Å²) in [5.41, 5.74) is 1.83. The van der Waals surface area contributed by atoms with Gasteiger partial charge in [-0.2, -0.15) is 0 Å². The van der Waals surface area contributed by atoms with Crippen molar-refractivity contribution in [2.45, 2.75) is 50.4 Å². The van der Waals surface area contributed by atoms with Crippen molar-refractivity contribution < 1.29 is 18.6 Å². The first kappa shape index (κ1) is 21.5. The van der Waals surface area contributed by atoms with Crippen LogP contribution in [0, 0.1) is 5.82 Å². The van der Waals surface area contributed by atoms with E-state index in [0.29, 0.717) is 5.75 Å². The van der Waals surface area contributed by atoms with Gasteiger partial charge in [0.25, 0.3) is 0 Å². The minimum Gasteiger partial charge on any atom is -0.486 e. The van der Waals surface area contributed by atoms with Crippen LogP contribution < -0.4 is 10.3 Å². The van der Waals surface area contributed by atoms with E-state index in [1.165, 1.54) is 12.1 Å². The molecule has 0 radical (unpaired) electrons. The van der Waals surface area contributed by atoms with E-state index in [9.17, 15) is 9.18 Å². The average molecular weight is 426 g/mol. The molecule has 1 atom stereocenters. The van der Waals surface area contributed by atoms with E-state index >= 15 is 0 Å². The number of aromatic amines is 1. The lowest BCUT2D eigenvalue weighted by molar-refractivity contribution is -0.0764. The van der Waals surface area contributed by atoms with Crippen molar-refractivity contribution in [1.29, 1.82) is 0 Å². The predicted molar refractivity (Wildman–Crippen MR) is 118 cm³/mol. The van der Waals surface area contributed by atoms with Gasteiger partial charge in [-0.25, -0.2) is 4.39 Å². The number of H-pyrrole nitrogens is 1. The van der Waals surface area contributed by atoms with Crippen LogP contribution in [0.1, 0.15) is 49.8 Å². The van der Waals surface area contributed by atoms with Gasteiger partial charge in [0, 0.05) is 31.9 Å². The number of methoxy groups -OCH3 is 2. The first-order chi connectivity index (χ1) is 14.9. The summed E-state index contributed by atoms with van der Waals surface area (Å²) in [6.07, 6.45) is 3.19. The molecule has 2 aromatic carbocycles. The van der Waals surface area contributed by atoms with Gasteiger partial charge in [-0.05, 0) is 79.5 Å². The predicted octanol–water partition coefficient (Wildman–Crippen LogP) is 5.24. The van der Waals surface area contributed by atoms with E-state index in [0.717, 1.165) is 47.7 Å². The fourth-order valence-corrected chi connectivity index (χ4v) is 4.50. The van der Waals surface area contributed by atoms with Crippen LogP contribution in [0.15, 0.2) is 53.3 Å². The molecule has 1 fully saturated rings. The van der Waals surface area contributed by atoms with Gasteiger partial charge in [-0.15, -0.1) is 0 Å². The second-order valence-corrected chi connectivity index (χ2v) is 8.24. The Labute approximate surface area is 181 Å². The Morgan fingerprint density at radius 1 is 1.06 bits per heavy atom. The summed E-state index contributed by atoms with van der Waals surface area (Å²) in [4.78, 5) is 14.3. The molecule has 0 amide bonds. The fraction of sp³-hybridized carbons (Fsp3) is 0.400. The second-order valence-electron chi connectivity index (χ2n) is 8.24. The van der Waals surface area contributed by atoms with Crippen LogP contribution in [0.2, 0.25) is 0 Å². The van der Waals surface area contributed by atoms with Crippen molar-refractivity contribution in [3.05, 3.63) is 75.8 Å². The van der Waals surface area contributed by atoms with E-state index in [-0.39, 0.29) is 23.6 Å². The van der Waals surface area contributed by atoms with Crippen molar-refractivity contribution in [2.24, 2.45) is 0 Å². The molecule has 5 nitrogen and oxygen atoms in total. The van der Waals surface area contributed by atoms with Gasteiger partial charge in [0.15, 0.2) is 0 Å². The zero-order chi connectivity index (χ0) is 22.0. The van der Waals surface area contributed by atoms with Gasteiger partial charge < -0.3 is 19.2 Å². The van der Waals surface area contributed by atoms with E-state index in [1.807, 2.05) is 31.2 Å². The second kappa shape index (κ2) is 8.81. The molecule has 31 heavy (non-hydrogen) atoms. The molecule has 164 valence electrons. The van der Waals surface area contributed by atoms with E-state index in [1.54, 1.807) is 26.4 Å². The Kier molecular flexibility index (Phi) is 6.12. The maximum atomic E-state index is 14.5. The summed E-state index contributed by atoms with van der Waals surface area (Å²) in [6, 6.07) is 13.8. The molecule has 4 rings (SSSR count). The Hall–Kier alpha value is -2.70. The minimum atomic E-state index is -0.534. The smallest absolute Gasteiger partial charge is 0.248 e. The highest BCUT2D eigenvalue weighted by Crippen LogP contribution is 2.42. The molecule has 1 saturated carbocycles. The number of halogens is 1. The molecule has 0 saturated heterocycles. The van der Waals surface area contributed by atoms with Crippen molar-refractivity contribution >= 4 is 10.9 Å². The maximum absolute atomic E-state index is 14.5. The van der Waals surface area contributed by atoms with Crippen LogP contribution in [-0.2, 0) is 15.1 Å². The highest BCUT2D eigenvalue weighted by atomic mass is 19.1. The van der Waals surface area contributed by atoms with Gasteiger partial charge in [0.2, 0.25) is 5.56 Å². The lowest BCUT2D eigenvalue weighted by Gasteiger charge is -2.39. The third kappa shape index (κ3) is 4.50. The normalized spacial score (nSPS) is 22.4. The Balaban J connectivity index is 1.58. The first-order valence-corrected chi connectivity index (χ1v) is 10.6. The summed E-state index contributed by atoms with van der Waals surface area (Å²) >= 11 is 0. The van der Waals surface area contributed by atoms with E-state index in [2.05, 4.69) is 4.98 Å². The number of benzene rings is 2. The number of fused-ring (bicyclic) bond motifs is 1. The highest BCUT2D eigenvalue weighted by Gasteiger charge is 2.37. The highest BCUT2D eigenvalue weighted by molar-refractivity contribution is 5.79. The van der Waals surface area contributed by atoms with Gasteiger partial charge in [0.1, 0.15) is 17.7 Å². The number of hydrogen-bond acceptors (Lipinski definition) is 4. The zero-order valence-electron chi connectivity index (χ0n) is 18.1. The molecule has 1 aromatic heterocycles. The lowest BCUT2D eigenvalue weighted by atomic mass is 9.78. The molecule has 1 N–H and O–H groups in total. The SMILES string of the molecule is CO[C@H]1CC[C@](OC)(c2cc(F)cc(OC(C)c3ccc4[nH]c(=O)ccc4c3)c2)CC1. The van der Waals surface area contributed by atoms with E-state index in [4.69, 9.17) is 14.2 Å². The Bertz CT molecular complexity index is 1120. The number of ether oxygens (including phenoxy) is 3. The molecule has 1 unspecified atom stereocenters. The van der Waals surface area contributed by atoms with E-state index < -0.39 is 5.60 Å². The van der Waals surface area contributed by atoms with Crippen molar-refractivity contribution in [3.63, 3.8) is 0 Å². The maximum Gasteiger partial charge on any atom is 0.248 e. The van der Waals surface area contributed by atoms with Crippen LogP contribution in [0.5, 0.6) is 5.75 Å². The van der Waals surface area contributed by atoms with Crippen LogP contribution in [0.25, 0.3) is 10.9 Å². The molecule has 0 bridgehead atoms. The summed E-state index contributed by atoms with van der Waals surface area (Å²) < 4.78 is 32.0. The van der Waals surface area contributed by atoms with Gasteiger partial charge >= 0.3 is 0 Å². The van der Waals surface area contributed by atoms with Crippen LogP contribution in [-0.4, -0.2) is 25.3 Å². The quantitative estimate of drug-likeness (QED) is 0.587. The van der Waals surface area contributed by atoms with Crippen molar-refractivity contribution in [3.8, 4) is 5.75 Å². The minimum absolute atomic E-state index is 0.136. The van der Waals surface area contributed by atoms with Gasteiger partial charge in [-0.1, -0.05) is 6.07 Å². The topological polar surface area (TPSA) is 60.6 Å². The molecule has 1 heterocycles. The summed E-state index contributed by atoms with van der Waals surface area (Å²) in [5.74, 6) is 0.121. The number of hydrogen-bond donors (Lipinski definition) is 1. The molecule has 6 heteroatoms. The van der Waals surface area contributed by atoms with Crippen molar-refractivity contribution in [1.82, 2.24) is 4.98 Å². The fourth-order valence-electron chi connectivity index (χ4n) is 4.50. The van der Waals surface area contributed by atoms with Crippen LogP contribution >= 0.6 is 0 Å².